The molecule has 0 unspecified atom stereocenters. The van der Waals surface area contributed by atoms with E-state index in [0.29, 0.717) is 0 Å². The van der Waals surface area contributed by atoms with Crippen LogP contribution in [0.2, 0.25) is 0 Å². The summed E-state index contributed by atoms with van der Waals surface area (Å²) in [5.74, 6) is 2.29. The predicted molar refractivity (Wildman–Crippen MR) is 100 cm³/mol. The first-order valence-corrected chi connectivity index (χ1v) is 8.24. The van der Waals surface area contributed by atoms with Gasteiger partial charge in [-0.25, -0.2) is 0 Å². The lowest BCUT2D eigenvalue weighted by Crippen LogP contribution is -2.27. The summed E-state index contributed by atoms with van der Waals surface area (Å²) in [6, 6.07) is 0. The molecule has 0 fully saturated rings. The maximum atomic E-state index is 4.44. The number of nitrogens with one attached hydrogen (secondary N) is 2. The zero-order valence-electron chi connectivity index (χ0n) is 10.9. The molecule has 19 heavy (non-hydrogen) atoms. The minimum absolute atomic E-state index is 0. The van der Waals surface area contributed by atoms with Gasteiger partial charge in [-0.3, -0.25) is 9.98 Å². The van der Waals surface area contributed by atoms with Crippen molar-refractivity contribution in [2.45, 2.75) is 19.3 Å². The molecule has 0 aromatic heterocycles. The topological polar surface area (TPSA) is 48.8 Å². The Morgan fingerprint density at radius 2 is 1.32 bits per heavy atom. The van der Waals surface area contributed by atoms with Crippen LogP contribution in [0.3, 0.4) is 0 Å². The molecule has 112 valence electrons. The SMILES string of the molecule is Br.Br.C1CN=C(SCCCSC2=NCCCN2)NC1. The van der Waals surface area contributed by atoms with E-state index in [-0.39, 0.29) is 34.0 Å². The summed E-state index contributed by atoms with van der Waals surface area (Å²) in [7, 11) is 0. The lowest BCUT2D eigenvalue weighted by molar-refractivity contribution is 0.751. The Hall–Kier alpha value is 0.600. The Morgan fingerprint density at radius 1 is 0.842 bits per heavy atom. The molecule has 0 spiro atoms. The number of aliphatic imine (C=N–C) groups is 2. The summed E-state index contributed by atoms with van der Waals surface area (Å²) in [4.78, 5) is 8.89. The van der Waals surface area contributed by atoms with Gasteiger partial charge in [-0.05, 0) is 19.3 Å². The standard InChI is InChI=1S/C11H20N4S2.2BrH/c1-4-12-10(13-5-1)16-8-3-9-17-11-14-6-2-7-15-11;;/h1-9H2,(H,12,13)(H,14,15);2*1H. The van der Waals surface area contributed by atoms with E-state index >= 15 is 0 Å². The fraction of sp³-hybridized carbons (Fsp3) is 0.818. The summed E-state index contributed by atoms with van der Waals surface area (Å²) in [6.07, 6.45) is 3.55. The second-order valence-corrected chi connectivity index (χ2v) is 6.15. The van der Waals surface area contributed by atoms with Crippen molar-refractivity contribution in [3.63, 3.8) is 0 Å². The molecule has 0 bridgehead atoms. The molecule has 0 saturated carbocycles. The summed E-state index contributed by atoms with van der Waals surface area (Å²) < 4.78 is 0. The zero-order chi connectivity index (χ0) is 11.8. The maximum Gasteiger partial charge on any atom is 0.156 e. The average molecular weight is 434 g/mol. The van der Waals surface area contributed by atoms with Gasteiger partial charge in [-0.2, -0.15) is 0 Å². The highest BCUT2D eigenvalue weighted by atomic mass is 79.9. The predicted octanol–water partition coefficient (Wildman–Crippen LogP) is 2.70. The van der Waals surface area contributed by atoms with Gasteiger partial charge in [0.1, 0.15) is 0 Å². The average Bonchev–Trinajstić information content (AvgIpc) is 2.41. The van der Waals surface area contributed by atoms with Crippen molar-refractivity contribution in [1.82, 2.24) is 10.6 Å². The molecule has 4 nitrogen and oxygen atoms in total. The minimum Gasteiger partial charge on any atom is -0.365 e. The van der Waals surface area contributed by atoms with Gasteiger partial charge in [0.15, 0.2) is 10.3 Å². The third-order valence-corrected chi connectivity index (χ3v) is 4.58. The molecule has 8 heteroatoms. The molecule has 2 aliphatic heterocycles. The van der Waals surface area contributed by atoms with E-state index in [9.17, 15) is 0 Å². The van der Waals surface area contributed by atoms with Crippen molar-refractivity contribution in [1.29, 1.82) is 0 Å². The van der Waals surface area contributed by atoms with Gasteiger partial charge >= 0.3 is 0 Å². The van der Waals surface area contributed by atoms with Gasteiger partial charge in [-0.1, -0.05) is 23.5 Å². The van der Waals surface area contributed by atoms with Gasteiger partial charge in [0.05, 0.1) is 0 Å². The summed E-state index contributed by atoms with van der Waals surface area (Å²) in [5, 5.41) is 8.93. The molecule has 2 aliphatic rings. The number of hydrogen-bond acceptors (Lipinski definition) is 6. The van der Waals surface area contributed by atoms with Crippen LogP contribution >= 0.6 is 57.5 Å². The zero-order valence-corrected chi connectivity index (χ0v) is 16.0. The fourth-order valence-electron chi connectivity index (χ4n) is 1.61. The van der Waals surface area contributed by atoms with E-state index in [0.717, 1.165) is 48.0 Å². The molecule has 0 aliphatic carbocycles. The van der Waals surface area contributed by atoms with E-state index < -0.39 is 0 Å². The minimum atomic E-state index is 0. The van der Waals surface area contributed by atoms with E-state index in [1.165, 1.54) is 19.3 Å². The third-order valence-electron chi connectivity index (χ3n) is 2.50. The van der Waals surface area contributed by atoms with Crippen LogP contribution in [0, 0.1) is 0 Å². The Balaban J connectivity index is 0.00000162. The molecule has 2 N–H and O–H groups in total. The summed E-state index contributed by atoms with van der Waals surface area (Å²) in [5.41, 5.74) is 0. The number of rotatable bonds is 4. The van der Waals surface area contributed by atoms with E-state index in [1.54, 1.807) is 0 Å². The van der Waals surface area contributed by atoms with Crippen LogP contribution in [-0.2, 0) is 0 Å². The van der Waals surface area contributed by atoms with Crippen LogP contribution < -0.4 is 10.6 Å². The quantitative estimate of drug-likeness (QED) is 0.669. The lowest BCUT2D eigenvalue weighted by Gasteiger charge is -2.14. The summed E-state index contributed by atoms with van der Waals surface area (Å²) in [6.45, 7) is 4.15. The van der Waals surface area contributed by atoms with Crippen molar-refractivity contribution >= 4 is 67.8 Å². The smallest absolute Gasteiger partial charge is 0.156 e. The van der Waals surface area contributed by atoms with Crippen LogP contribution in [0.4, 0.5) is 0 Å². The highest BCUT2D eigenvalue weighted by Gasteiger charge is 2.06. The highest BCUT2D eigenvalue weighted by molar-refractivity contribution is 8.93. The third kappa shape index (κ3) is 8.47. The molecule has 0 saturated heterocycles. The Bertz CT molecular complexity index is 272. The first-order valence-electron chi connectivity index (χ1n) is 6.27. The highest BCUT2D eigenvalue weighted by Crippen LogP contribution is 2.12. The van der Waals surface area contributed by atoms with Gasteiger partial charge in [0, 0.05) is 37.7 Å². The number of amidine groups is 2. The monoisotopic (exact) mass is 432 g/mol. The number of halogens is 2. The van der Waals surface area contributed by atoms with E-state index in [4.69, 9.17) is 0 Å². The van der Waals surface area contributed by atoms with E-state index in [2.05, 4.69) is 20.6 Å². The fourth-order valence-corrected chi connectivity index (χ4v) is 3.53. The Labute approximate surface area is 145 Å². The second-order valence-electron chi connectivity index (χ2n) is 3.98. The van der Waals surface area contributed by atoms with Crippen LogP contribution in [0.25, 0.3) is 0 Å². The first kappa shape index (κ1) is 19.6. The molecule has 0 aromatic carbocycles. The first-order chi connectivity index (χ1) is 8.45. The Kier molecular flexibility index (Phi) is 12.7. The molecule has 0 aromatic rings. The van der Waals surface area contributed by atoms with Gasteiger partial charge in [0.25, 0.3) is 0 Å². The Morgan fingerprint density at radius 3 is 1.68 bits per heavy atom. The molecular formula is C11H22Br2N4S2. The van der Waals surface area contributed by atoms with Crippen molar-refractivity contribution in [3.8, 4) is 0 Å². The van der Waals surface area contributed by atoms with Crippen LogP contribution in [0.1, 0.15) is 19.3 Å². The molecule has 2 heterocycles. The largest absolute Gasteiger partial charge is 0.365 e. The van der Waals surface area contributed by atoms with Gasteiger partial charge in [-0.15, -0.1) is 34.0 Å². The summed E-state index contributed by atoms with van der Waals surface area (Å²) >= 11 is 3.70. The lowest BCUT2D eigenvalue weighted by atomic mass is 10.4. The number of nitrogens with zero attached hydrogens (tertiary/aromatic N) is 2. The van der Waals surface area contributed by atoms with Crippen molar-refractivity contribution in [3.05, 3.63) is 0 Å². The normalized spacial score (nSPS) is 17.9. The van der Waals surface area contributed by atoms with Crippen molar-refractivity contribution < 1.29 is 0 Å². The molecule has 0 radical (unpaired) electrons. The van der Waals surface area contributed by atoms with Crippen LogP contribution in [-0.4, -0.2) is 48.0 Å². The van der Waals surface area contributed by atoms with Crippen LogP contribution in [0.5, 0.6) is 0 Å². The second kappa shape index (κ2) is 12.3. The number of hydrogen-bond donors (Lipinski definition) is 2. The molecule has 0 atom stereocenters. The van der Waals surface area contributed by atoms with E-state index in [1.807, 2.05) is 23.5 Å². The van der Waals surface area contributed by atoms with Crippen molar-refractivity contribution in [2.24, 2.45) is 9.98 Å². The molecule has 2 rings (SSSR count). The van der Waals surface area contributed by atoms with Crippen LogP contribution in [0.15, 0.2) is 9.98 Å². The molecule has 0 amide bonds. The van der Waals surface area contributed by atoms with Gasteiger partial charge < -0.3 is 10.6 Å². The maximum absolute atomic E-state index is 4.44. The van der Waals surface area contributed by atoms with Gasteiger partial charge in [0.2, 0.25) is 0 Å². The molecular weight excluding hydrogens is 412 g/mol. The van der Waals surface area contributed by atoms with Crippen molar-refractivity contribution in [2.75, 3.05) is 37.7 Å². The number of thioether (sulfide) groups is 2.